The van der Waals surface area contributed by atoms with Crippen molar-refractivity contribution in [3.05, 3.63) is 45.7 Å². The summed E-state index contributed by atoms with van der Waals surface area (Å²) in [6.45, 7) is 7.92. The molecule has 1 fully saturated rings. The lowest BCUT2D eigenvalue weighted by Crippen LogP contribution is -2.47. The number of nitrogens with zero attached hydrogens (tertiary/aromatic N) is 5. The Balaban J connectivity index is 1.43. The van der Waals surface area contributed by atoms with Crippen LogP contribution in [-0.4, -0.2) is 78.0 Å². The molecular formula is C22H25BClN7O2S. The number of carbonyl (C=O) groups excluding carboxylic acids is 1. The van der Waals surface area contributed by atoms with Gasteiger partial charge in [-0.3, -0.25) is 9.69 Å². The van der Waals surface area contributed by atoms with Crippen molar-refractivity contribution in [1.29, 1.82) is 0 Å². The fraction of sp³-hybridized carbons (Fsp3) is 0.364. The number of aryl methyl sites for hydroxylation is 2. The molecule has 1 amide bonds. The number of hydrogen-bond acceptors (Lipinski definition) is 9. The molecule has 12 heteroatoms. The van der Waals surface area contributed by atoms with Crippen molar-refractivity contribution in [1.82, 2.24) is 19.9 Å². The number of nitrogens with one attached hydrogen (secondary N) is 2. The average molecular weight is 498 g/mol. The maximum Gasteiger partial charge on any atom is 0.267 e. The van der Waals surface area contributed by atoms with E-state index in [0.717, 1.165) is 37.6 Å². The summed E-state index contributed by atoms with van der Waals surface area (Å²) in [5.74, 6) is 1.78. The fourth-order valence-corrected chi connectivity index (χ4v) is 4.81. The molecule has 3 N–H and O–H groups in total. The van der Waals surface area contributed by atoms with Gasteiger partial charge in [-0.15, -0.1) is 0 Å². The Bertz CT molecular complexity index is 1160. The van der Waals surface area contributed by atoms with Crippen LogP contribution in [0.5, 0.6) is 0 Å². The van der Waals surface area contributed by atoms with Crippen molar-refractivity contribution in [2.75, 3.05) is 54.9 Å². The normalized spacial score (nSPS) is 14.3. The summed E-state index contributed by atoms with van der Waals surface area (Å²) in [6, 6.07) is 5.24. The van der Waals surface area contributed by atoms with Crippen LogP contribution in [0.2, 0.25) is 5.02 Å². The van der Waals surface area contributed by atoms with Gasteiger partial charge < -0.3 is 20.6 Å². The molecule has 176 valence electrons. The van der Waals surface area contributed by atoms with Crippen molar-refractivity contribution >= 4 is 64.6 Å². The zero-order valence-electron chi connectivity index (χ0n) is 19.0. The van der Waals surface area contributed by atoms with E-state index in [1.54, 1.807) is 12.1 Å². The van der Waals surface area contributed by atoms with Crippen LogP contribution in [0.3, 0.4) is 0 Å². The number of amides is 1. The van der Waals surface area contributed by atoms with Crippen molar-refractivity contribution in [3.8, 4) is 0 Å². The Morgan fingerprint density at radius 1 is 1.21 bits per heavy atom. The van der Waals surface area contributed by atoms with Crippen molar-refractivity contribution in [2.45, 2.75) is 13.8 Å². The highest BCUT2D eigenvalue weighted by atomic mass is 35.5. The maximum absolute atomic E-state index is 12.7. The molecule has 1 aromatic carbocycles. The zero-order valence-corrected chi connectivity index (χ0v) is 20.6. The van der Waals surface area contributed by atoms with Gasteiger partial charge in [-0.1, -0.05) is 34.5 Å². The molecule has 2 aromatic heterocycles. The van der Waals surface area contributed by atoms with E-state index in [0.29, 0.717) is 44.4 Å². The van der Waals surface area contributed by atoms with Crippen LogP contribution < -0.4 is 21.0 Å². The number of halogens is 1. The number of hydrogen-bond donors (Lipinski definition) is 3. The first-order valence-electron chi connectivity index (χ1n) is 10.9. The Morgan fingerprint density at radius 3 is 2.68 bits per heavy atom. The highest BCUT2D eigenvalue weighted by molar-refractivity contribution is 7.17. The number of carbonyl (C=O) groups is 1. The number of piperazine rings is 1. The highest BCUT2D eigenvalue weighted by Crippen LogP contribution is 2.28. The Morgan fingerprint density at radius 2 is 1.97 bits per heavy atom. The minimum Gasteiger partial charge on any atom is -0.395 e. The lowest BCUT2D eigenvalue weighted by molar-refractivity contribution is 0.103. The minimum absolute atomic E-state index is 0.168. The van der Waals surface area contributed by atoms with E-state index in [2.05, 4.69) is 35.4 Å². The quantitative estimate of drug-likeness (QED) is 0.426. The second kappa shape index (κ2) is 10.7. The second-order valence-corrected chi connectivity index (χ2v) is 9.45. The van der Waals surface area contributed by atoms with Crippen LogP contribution in [0, 0.1) is 13.8 Å². The van der Waals surface area contributed by atoms with E-state index in [-0.39, 0.29) is 12.5 Å². The second-order valence-electron chi connectivity index (χ2n) is 8.01. The molecule has 0 atom stereocenters. The molecule has 1 aliphatic heterocycles. The molecule has 1 saturated heterocycles. The third kappa shape index (κ3) is 5.85. The first kappa shape index (κ1) is 24.4. The molecular weight excluding hydrogens is 473 g/mol. The van der Waals surface area contributed by atoms with Crippen molar-refractivity contribution in [2.24, 2.45) is 0 Å². The average Bonchev–Trinajstić information content (AvgIpc) is 3.25. The first-order valence-corrected chi connectivity index (χ1v) is 12.1. The van der Waals surface area contributed by atoms with Gasteiger partial charge in [-0.25, -0.2) is 15.0 Å². The molecule has 9 nitrogen and oxygen atoms in total. The van der Waals surface area contributed by atoms with Gasteiger partial charge in [0.1, 0.15) is 30.2 Å². The van der Waals surface area contributed by atoms with E-state index in [9.17, 15) is 4.79 Å². The summed E-state index contributed by atoms with van der Waals surface area (Å²) >= 11 is 7.46. The number of thiazole rings is 1. The summed E-state index contributed by atoms with van der Waals surface area (Å²) in [7, 11) is 5.80. The lowest BCUT2D eigenvalue weighted by atomic mass is 9.94. The monoisotopic (exact) mass is 497 g/mol. The standard InChI is InChI=1S/C22H25BClN7O2S/c1-13-9-15(23)10-16(24)20(13)29-21(33)17-12-25-22(34-17)28-18-11-19(27-14(2)26-18)31-5-3-30(4-6-31)7-8-32/h9-12,32H,3-8H2,1-2H3,(H,29,33)(H,25,26,27,28). The van der Waals surface area contributed by atoms with Gasteiger partial charge in [-0.2, -0.15) is 0 Å². The van der Waals surface area contributed by atoms with Crippen LogP contribution in [0.15, 0.2) is 24.4 Å². The molecule has 4 rings (SSSR count). The van der Waals surface area contributed by atoms with Gasteiger partial charge in [0.2, 0.25) is 0 Å². The molecule has 3 aromatic rings. The molecule has 1 aliphatic rings. The predicted molar refractivity (Wildman–Crippen MR) is 137 cm³/mol. The van der Waals surface area contributed by atoms with Crippen LogP contribution in [0.25, 0.3) is 0 Å². The number of benzene rings is 1. The Labute approximate surface area is 208 Å². The SMILES string of the molecule is [B]c1cc(C)c(NC(=O)c2cnc(Nc3cc(N4CCN(CCO)CC4)nc(C)n3)s2)c(Cl)c1. The van der Waals surface area contributed by atoms with Gasteiger partial charge >= 0.3 is 0 Å². The first-order chi connectivity index (χ1) is 16.3. The van der Waals surface area contributed by atoms with Crippen molar-refractivity contribution in [3.63, 3.8) is 0 Å². The van der Waals surface area contributed by atoms with E-state index in [4.69, 9.17) is 24.6 Å². The zero-order chi connectivity index (χ0) is 24.2. The minimum atomic E-state index is -0.305. The number of rotatable bonds is 7. The number of anilines is 4. The van der Waals surface area contributed by atoms with Gasteiger partial charge in [0, 0.05) is 38.8 Å². The van der Waals surface area contributed by atoms with E-state index < -0.39 is 0 Å². The summed E-state index contributed by atoms with van der Waals surface area (Å²) in [5, 5.41) is 16.1. The highest BCUT2D eigenvalue weighted by Gasteiger charge is 2.19. The summed E-state index contributed by atoms with van der Waals surface area (Å²) < 4.78 is 0. The Kier molecular flexibility index (Phi) is 7.67. The van der Waals surface area contributed by atoms with Gasteiger partial charge in [0.05, 0.1) is 23.5 Å². The van der Waals surface area contributed by atoms with Gasteiger partial charge in [0.25, 0.3) is 5.91 Å². The number of aromatic nitrogens is 3. The van der Waals surface area contributed by atoms with Gasteiger partial charge in [-0.05, 0) is 25.5 Å². The molecule has 0 saturated carbocycles. The van der Waals surface area contributed by atoms with Crippen LogP contribution in [-0.2, 0) is 0 Å². The van der Waals surface area contributed by atoms with E-state index in [1.807, 2.05) is 19.9 Å². The van der Waals surface area contributed by atoms with E-state index >= 15 is 0 Å². The van der Waals surface area contributed by atoms with Crippen LogP contribution in [0.4, 0.5) is 22.5 Å². The fourth-order valence-electron chi connectivity index (χ4n) is 3.77. The van der Waals surface area contributed by atoms with Crippen molar-refractivity contribution < 1.29 is 9.90 Å². The molecule has 34 heavy (non-hydrogen) atoms. The van der Waals surface area contributed by atoms with E-state index in [1.165, 1.54) is 17.5 Å². The molecule has 0 spiro atoms. The lowest BCUT2D eigenvalue weighted by Gasteiger charge is -2.35. The maximum atomic E-state index is 12.7. The number of β-amino-alcohol motifs (C(OH)–C–C–N with tert-alkyl or cyclic N) is 1. The molecule has 0 unspecified atom stereocenters. The number of aliphatic hydroxyl groups excluding tert-OH is 1. The third-order valence-corrected chi connectivity index (χ3v) is 6.66. The number of aliphatic hydroxyl groups is 1. The Hall–Kier alpha value is -2.73. The summed E-state index contributed by atoms with van der Waals surface area (Å²) in [6.07, 6.45) is 1.51. The summed E-state index contributed by atoms with van der Waals surface area (Å²) in [4.78, 5) is 31.0. The molecule has 0 aliphatic carbocycles. The van der Waals surface area contributed by atoms with Crippen LogP contribution in [0.1, 0.15) is 21.1 Å². The van der Waals surface area contributed by atoms with Gasteiger partial charge in [0.15, 0.2) is 5.13 Å². The molecule has 3 heterocycles. The smallest absolute Gasteiger partial charge is 0.267 e. The van der Waals surface area contributed by atoms with Crippen LogP contribution >= 0.6 is 22.9 Å². The molecule has 2 radical (unpaired) electrons. The third-order valence-electron chi connectivity index (χ3n) is 5.45. The topological polar surface area (TPSA) is 107 Å². The molecule has 0 bridgehead atoms. The largest absolute Gasteiger partial charge is 0.395 e. The predicted octanol–water partition coefficient (Wildman–Crippen LogP) is 2.11. The summed E-state index contributed by atoms with van der Waals surface area (Å²) in [5.41, 5.74) is 1.85.